The summed E-state index contributed by atoms with van der Waals surface area (Å²) in [6.07, 6.45) is 0. The van der Waals surface area contributed by atoms with Gasteiger partial charge in [-0.05, 0) is 24.6 Å². The Hall–Kier alpha value is -3.12. The van der Waals surface area contributed by atoms with Crippen LogP contribution in [0.2, 0.25) is 0 Å². The van der Waals surface area contributed by atoms with Crippen molar-refractivity contribution in [1.29, 1.82) is 0 Å². The first-order chi connectivity index (χ1) is 13.8. The number of para-hydroxylation sites is 2. The summed E-state index contributed by atoms with van der Waals surface area (Å²) in [6.45, 7) is 5.94. The molecule has 2 aromatic carbocycles. The molecule has 0 atom stereocenters. The van der Waals surface area contributed by atoms with E-state index in [2.05, 4.69) is 55.8 Å². The maximum absolute atomic E-state index is 5.48. The van der Waals surface area contributed by atoms with Gasteiger partial charge in [-0.3, -0.25) is 0 Å². The van der Waals surface area contributed by atoms with Crippen molar-refractivity contribution in [1.82, 2.24) is 9.97 Å². The van der Waals surface area contributed by atoms with Gasteiger partial charge in [-0.1, -0.05) is 42.5 Å². The van der Waals surface area contributed by atoms with E-state index in [1.54, 1.807) is 0 Å². The average Bonchev–Trinajstić information content (AvgIpc) is 2.74. The Morgan fingerprint density at radius 3 is 2.46 bits per heavy atom. The third kappa shape index (κ3) is 4.58. The molecule has 0 radical (unpaired) electrons. The van der Waals surface area contributed by atoms with Gasteiger partial charge in [-0.25, -0.2) is 9.97 Å². The molecule has 1 fully saturated rings. The van der Waals surface area contributed by atoms with E-state index in [1.165, 1.54) is 11.3 Å². The fourth-order valence-corrected chi connectivity index (χ4v) is 3.31. The van der Waals surface area contributed by atoms with E-state index in [9.17, 15) is 0 Å². The number of benzene rings is 2. The topological polar surface area (TPSA) is 62.3 Å². The number of morpholine rings is 1. The molecule has 0 saturated carbocycles. The minimum absolute atomic E-state index is 0.723. The molecule has 3 aromatic rings. The van der Waals surface area contributed by atoms with Crippen molar-refractivity contribution < 1.29 is 4.74 Å². The van der Waals surface area contributed by atoms with Gasteiger partial charge in [0.2, 0.25) is 0 Å². The van der Waals surface area contributed by atoms with E-state index in [-0.39, 0.29) is 0 Å². The van der Waals surface area contributed by atoms with Gasteiger partial charge in [0.15, 0.2) is 0 Å². The fourth-order valence-electron chi connectivity index (χ4n) is 3.31. The molecule has 0 unspecified atom stereocenters. The second-order valence-electron chi connectivity index (χ2n) is 6.77. The summed E-state index contributed by atoms with van der Waals surface area (Å²) < 4.78 is 5.48. The smallest absolute Gasteiger partial charge is 0.136 e. The van der Waals surface area contributed by atoms with E-state index < -0.39 is 0 Å². The first-order valence-electron chi connectivity index (χ1n) is 9.60. The van der Waals surface area contributed by atoms with Crippen LogP contribution in [0.4, 0.5) is 23.0 Å². The summed E-state index contributed by atoms with van der Waals surface area (Å²) in [5.74, 6) is 2.32. The van der Waals surface area contributed by atoms with Crippen molar-refractivity contribution in [2.24, 2.45) is 0 Å². The van der Waals surface area contributed by atoms with Gasteiger partial charge in [0.05, 0.1) is 24.6 Å². The van der Waals surface area contributed by atoms with Crippen molar-refractivity contribution >= 4 is 23.0 Å². The molecule has 1 aromatic heterocycles. The lowest BCUT2D eigenvalue weighted by Gasteiger charge is -2.30. The molecule has 0 spiro atoms. The van der Waals surface area contributed by atoms with Crippen molar-refractivity contribution in [3.63, 3.8) is 0 Å². The van der Waals surface area contributed by atoms with Gasteiger partial charge < -0.3 is 20.3 Å². The number of nitrogens with one attached hydrogen (secondary N) is 2. The van der Waals surface area contributed by atoms with Crippen LogP contribution in [0.5, 0.6) is 0 Å². The minimum atomic E-state index is 0.723. The predicted octanol–water partition coefficient (Wildman–Crippen LogP) is 3.98. The molecule has 0 amide bonds. The molecular weight excluding hydrogens is 350 g/mol. The Labute approximate surface area is 165 Å². The number of rotatable bonds is 6. The molecule has 1 aliphatic rings. The number of aromatic nitrogens is 2. The Kier molecular flexibility index (Phi) is 5.68. The molecule has 2 heterocycles. The molecule has 144 valence electrons. The Morgan fingerprint density at radius 2 is 1.64 bits per heavy atom. The van der Waals surface area contributed by atoms with Crippen LogP contribution in [-0.4, -0.2) is 36.3 Å². The first kappa shape index (κ1) is 18.3. The number of ether oxygens (including phenoxy) is 1. The molecule has 1 saturated heterocycles. The fraction of sp³-hybridized carbons (Fsp3) is 0.273. The van der Waals surface area contributed by atoms with Gasteiger partial charge in [-0.15, -0.1) is 0 Å². The summed E-state index contributed by atoms with van der Waals surface area (Å²) in [5.41, 5.74) is 3.42. The molecule has 0 aliphatic carbocycles. The highest BCUT2D eigenvalue weighted by Crippen LogP contribution is 2.29. The third-order valence-corrected chi connectivity index (χ3v) is 4.67. The van der Waals surface area contributed by atoms with Crippen molar-refractivity contribution in [3.8, 4) is 0 Å². The predicted molar refractivity (Wildman–Crippen MR) is 113 cm³/mol. The van der Waals surface area contributed by atoms with Crippen LogP contribution in [0.3, 0.4) is 0 Å². The Bertz CT molecular complexity index is 910. The number of anilines is 4. The molecule has 0 bridgehead atoms. The van der Waals surface area contributed by atoms with Crippen molar-refractivity contribution in [2.45, 2.75) is 13.5 Å². The second-order valence-corrected chi connectivity index (χ2v) is 6.77. The molecule has 1 aliphatic heterocycles. The maximum atomic E-state index is 5.48. The molecule has 2 N–H and O–H groups in total. The van der Waals surface area contributed by atoms with Crippen LogP contribution in [0.15, 0.2) is 60.7 Å². The normalized spacial score (nSPS) is 14.0. The third-order valence-electron chi connectivity index (χ3n) is 4.67. The summed E-state index contributed by atoms with van der Waals surface area (Å²) in [5, 5.41) is 6.86. The van der Waals surface area contributed by atoms with E-state index >= 15 is 0 Å². The summed E-state index contributed by atoms with van der Waals surface area (Å²) in [7, 11) is 0. The highest BCUT2D eigenvalue weighted by Gasteiger charge is 2.15. The van der Waals surface area contributed by atoms with E-state index in [4.69, 9.17) is 4.74 Å². The summed E-state index contributed by atoms with van der Waals surface area (Å²) in [6, 6.07) is 20.6. The largest absolute Gasteiger partial charge is 0.378 e. The lowest BCUT2D eigenvalue weighted by molar-refractivity contribution is 0.123. The number of nitrogens with zero attached hydrogens (tertiary/aromatic N) is 3. The highest BCUT2D eigenvalue weighted by molar-refractivity contribution is 5.75. The summed E-state index contributed by atoms with van der Waals surface area (Å²) in [4.78, 5) is 11.4. The first-order valence-corrected chi connectivity index (χ1v) is 9.60. The number of aryl methyl sites for hydroxylation is 1. The summed E-state index contributed by atoms with van der Waals surface area (Å²) >= 11 is 0. The Balaban J connectivity index is 1.51. The standard InChI is InChI=1S/C22H25N5O/c1-17-24-21(23-16-18-7-3-2-4-8-18)15-22(25-17)26-19-9-5-6-10-20(19)27-11-13-28-14-12-27/h2-10,15H,11-14,16H2,1H3,(H2,23,24,25,26). The minimum Gasteiger partial charge on any atom is -0.378 e. The van der Waals surface area contributed by atoms with Crippen molar-refractivity contribution in [2.75, 3.05) is 41.8 Å². The molecule has 4 rings (SSSR count). The molecular formula is C22H25N5O. The molecule has 28 heavy (non-hydrogen) atoms. The van der Waals surface area contributed by atoms with E-state index in [0.29, 0.717) is 0 Å². The van der Waals surface area contributed by atoms with Crippen LogP contribution >= 0.6 is 0 Å². The Morgan fingerprint density at radius 1 is 0.929 bits per heavy atom. The van der Waals surface area contributed by atoms with Gasteiger partial charge in [-0.2, -0.15) is 0 Å². The van der Waals surface area contributed by atoms with Crippen LogP contribution < -0.4 is 15.5 Å². The zero-order valence-corrected chi connectivity index (χ0v) is 16.1. The van der Waals surface area contributed by atoms with Crippen molar-refractivity contribution in [3.05, 3.63) is 72.1 Å². The lowest BCUT2D eigenvalue weighted by atomic mass is 10.2. The monoisotopic (exact) mass is 375 g/mol. The van der Waals surface area contributed by atoms with Gasteiger partial charge in [0.1, 0.15) is 17.5 Å². The number of hydrogen-bond donors (Lipinski definition) is 2. The maximum Gasteiger partial charge on any atom is 0.136 e. The van der Waals surface area contributed by atoms with Gasteiger partial charge in [0, 0.05) is 25.7 Å². The zero-order valence-electron chi connectivity index (χ0n) is 16.1. The average molecular weight is 375 g/mol. The second kappa shape index (κ2) is 8.71. The molecule has 6 heteroatoms. The highest BCUT2D eigenvalue weighted by atomic mass is 16.5. The SMILES string of the molecule is Cc1nc(NCc2ccccc2)cc(Nc2ccccc2N2CCOCC2)n1. The van der Waals surface area contributed by atoms with Crippen LogP contribution in [-0.2, 0) is 11.3 Å². The molecule has 6 nitrogen and oxygen atoms in total. The zero-order chi connectivity index (χ0) is 19.2. The van der Waals surface area contributed by atoms with Gasteiger partial charge in [0.25, 0.3) is 0 Å². The van der Waals surface area contributed by atoms with Crippen LogP contribution in [0.25, 0.3) is 0 Å². The quantitative estimate of drug-likeness (QED) is 0.680. The van der Waals surface area contributed by atoms with E-state index in [0.717, 1.165) is 56.0 Å². The van der Waals surface area contributed by atoms with Crippen LogP contribution in [0, 0.1) is 6.92 Å². The number of hydrogen-bond acceptors (Lipinski definition) is 6. The van der Waals surface area contributed by atoms with E-state index in [1.807, 2.05) is 37.3 Å². The van der Waals surface area contributed by atoms with Crippen LogP contribution in [0.1, 0.15) is 11.4 Å². The lowest BCUT2D eigenvalue weighted by Crippen LogP contribution is -2.36. The van der Waals surface area contributed by atoms with Gasteiger partial charge >= 0.3 is 0 Å².